The highest BCUT2D eigenvalue weighted by molar-refractivity contribution is 9.28. The van der Waals surface area contributed by atoms with E-state index in [1.807, 2.05) is 6.92 Å². The summed E-state index contributed by atoms with van der Waals surface area (Å²) in [5.74, 6) is 0. The van der Waals surface area contributed by atoms with Crippen LogP contribution in [-0.4, -0.2) is 11.7 Å². The lowest BCUT2D eigenvalue weighted by atomic mass is 9.85. The molecule has 0 fully saturated rings. The average molecular weight is 326 g/mol. The van der Waals surface area contributed by atoms with Gasteiger partial charge in [0, 0.05) is 0 Å². The van der Waals surface area contributed by atoms with Crippen LogP contribution in [0.4, 0.5) is 0 Å². The predicted molar refractivity (Wildman–Crippen MR) is 69.8 cm³/mol. The van der Waals surface area contributed by atoms with Crippen molar-refractivity contribution in [3.05, 3.63) is 21.1 Å². The lowest BCUT2D eigenvalue weighted by Gasteiger charge is -2.21. The summed E-state index contributed by atoms with van der Waals surface area (Å²) in [7, 11) is 0. The van der Waals surface area contributed by atoms with Gasteiger partial charge in [0.25, 0.3) is 0 Å². The molecule has 0 atom stereocenters. The van der Waals surface area contributed by atoms with Crippen LogP contribution in [0, 0.1) is 5.41 Å². The van der Waals surface area contributed by atoms with Crippen LogP contribution in [0.25, 0.3) is 0 Å². The van der Waals surface area contributed by atoms with Gasteiger partial charge in [0.2, 0.25) is 0 Å². The minimum atomic E-state index is 0.161. The molecule has 1 nitrogen and oxygen atoms in total. The summed E-state index contributed by atoms with van der Waals surface area (Å²) in [5.41, 5.74) is 1.28. The fourth-order valence-corrected chi connectivity index (χ4v) is 1.28. The van der Waals surface area contributed by atoms with Crippen LogP contribution in [0.5, 0.6) is 0 Å². The Hall–Kier alpha value is 0.400. The first-order valence-electron chi connectivity index (χ1n) is 4.65. The van der Waals surface area contributed by atoms with E-state index in [0.717, 1.165) is 21.8 Å². The largest absolute Gasteiger partial charge is 0.392 e. The van der Waals surface area contributed by atoms with Gasteiger partial charge in [-0.3, -0.25) is 0 Å². The highest BCUT2D eigenvalue weighted by Gasteiger charge is 2.14. The zero-order chi connectivity index (χ0) is 11.2. The molecule has 82 valence electrons. The van der Waals surface area contributed by atoms with Crippen molar-refractivity contribution in [2.24, 2.45) is 5.41 Å². The van der Waals surface area contributed by atoms with E-state index in [4.69, 9.17) is 5.11 Å². The average Bonchev–Trinajstić information content (AvgIpc) is 2.11. The van der Waals surface area contributed by atoms with Crippen molar-refractivity contribution in [2.45, 2.75) is 33.6 Å². The quantitative estimate of drug-likeness (QED) is 0.744. The fraction of sp³-hybridized carbons (Fsp3) is 0.636. The second-order valence-corrected chi connectivity index (χ2v) is 7.05. The number of hydrogen-bond donors (Lipinski definition) is 1. The third-order valence-electron chi connectivity index (χ3n) is 2.06. The highest BCUT2D eigenvalue weighted by Crippen LogP contribution is 2.29. The van der Waals surface area contributed by atoms with Crippen molar-refractivity contribution in [2.75, 3.05) is 6.61 Å². The van der Waals surface area contributed by atoms with Gasteiger partial charge in [-0.25, -0.2) is 0 Å². The van der Waals surface area contributed by atoms with Gasteiger partial charge in [-0.2, -0.15) is 0 Å². The van der Waals surface area contributed by atoms with Crippen LogP contribution in [0.15, 0.2) is 21.1 Å². The predicted octanol–water partition coefficient (Wildman–Crippen LogP) is 4.36. The fourth-order valence-electron chi connectivity index (χ4n) is 0.952. The van der Waals surface area contributed by atoms with E-state index in [-0.39, 0.29) is 12.0 Å². The molecule has 0 bridgehead atoms. The molecule has 0 heterocycles. The lowest BCUT2D eigenvalue weighted by molar-refractivity contribution is 0.327. The third kappa shape index (κ3) is 7.77. The van der Waals surface area contributed by atoms with Crippen molar-refractivity contribution in [3.8, 4) is 0 Å². The molecule has 0 spiro atoms. The smallest absolute Gasteiger partial charge is 0.0639 e. The molecular weight excluding hydrogens is 308 g/mol. The number of aliphatic hydroxyl groups is 1. The second-order valence-electron chi connectivity index (χ2n) is 4.27. The third-order valence-corrected chi connectivity index (χ3v) is 2.71. The standard InChI is InChI=1S/C11H18Br2O/c1-9(8-14)4-6-11(2,3)7-5-10(12)13/h4-5,14H,6-8H2,1-3H3/b9-4+. The summed E-state index contributed by atoms with van der Waals surface area (Å²) < 4.78 is 1.00. The lowest BCUT2D eigenvalue weighted by Crippen LogP contribution is -2.08. The molecule has 0 saturated heterocycles. The van der Waals surface area contributed by atoms with Crippen LogP contribution in [-0.2, 0) is 0 Å². The van der Waals surface area contributed by atoms with Gasteiger partial charge in [0.1, 0.15) is 0 Å². The van der Waals surface area contributed by atoms with Gasteiger partial charge in [0.05, 0.1) is 10.00 Å². The highest BCUT2D eigenvalue weighted by atomic mass is 79.9. The van der Waals surface area contributed by atoms with Gasteiger partial charge in [0.15, 0.2) is 0 Å². The molecule has 0 aromatic rings. The van der Waals surface area contributed by atoms with Gasteiger partial charge in [-0.1, -0.05) is 31.6 Å². The Bertz CT molecular complexity index is 225. The molecule has 0 aliphatic heterocycles. The zero-order valence-corrected chi connectivity index (χ0v) is 12.2. The molecule has 1 N–H and O–H groups in total. The summed E-state index contributed by atoms with van der Waals surface area (Å²) >= 11 is 6.69. The van der Waals surface area contributed by atoms with Crippen molar-refractivity contribution < 1.29 is 5.11 Å². The van der Waals surface area contributed by atoms with Crippen molar-refractivity contribution in [1.29, 1.82) is 0 Å². The Morgan fingerprint density at radius 2 is 1.71 bits per heavy atom. The van der Waals surface area contributed by atoms with Crippen LogP contribution in [0.1, 0.15) is 33.6 Å². The summed E-state index contributed by atoms with van der Waals surface area (Å²) in [6.45, 7) is 6.54. The maximum absolute atomic E-state index is 8.85. The minimum Gasteiger partial charge on any atom is -0.392 e. The molecule has 0 radical (unpaired) electrons. The number of halogens is 2. The Morgan fingerprint density at radius 3 is 2.14 bits per heavy atom. The van der Waals surface area contributed by atoms with Crippen LogP contribution in [0.3, 0.4) is 0 Å². The molecule has 0 unspecified atom stereocenters. The Morgan fingerprint density at radius 1 is 1.21 bits per heavy atom. The van der Waals surface area contributed by atoms with E-state index in [0.29, 0.717) is 0 Å². The molecule has 0 aliphatic carbocycles. The number of rotatable bonds is 5. The van der Waals surface area contributed by atoms with Crippen molar-refractivity contribution in [3.63, 3.8) is 0 Å². The SMILES string of the molecule is C/C(=C\CC(C)(C)CC=C(Br)Br)CO. The molecule has 3 heteroatoms. The minimum absolute atomic E-state index is 0.161. The van der Waals surface area contributed by atoms with E-state index in [1.54, 1.807) is 0 Å². The maximum atomic E-state index is 8.85. The number of aliphatic hydroxyl groups excluding tert-OH is 1. The van der Waals surface area contributed by atoms with E-state index >= 15 is 0 Å². The van der Waals surface area contributed by atoms with E-state index in [1.165, 1.54) is 0 Å². The van der Waals surface area contributed by atoms with E-state index < -0.39 is 0 Å². The Balaban J connectivity index is 4.14. The second kappa shape index (κ2) is 6.81. The first-order chi connectivity index (χ1) is 6.37. The molecule has 0 amide bonds. The number of allylic oxidation sites excluding steroid dienone is 2. The summed E-state index contributed by atoms with van der Waals surface area (Å²) in [6, 6.07) is 0. The Kier molecular flexibility index (Phi) is 7.00. The molecule has 0 aromatic carbocycles. The maximum Gasteiger partial charge on any atom is 0.0639 e. The first kappa shape index (κ1) is 14.4. The molecule has 0 rings (SSSR count). The topological polar surface area (TPSA) is 20.2 Å². The zero-order valence-electron chi connectivity index (χ0n) is 8.98. The van der Waals surface area contributed by atoms with Gasteiger partial charge in [-0.15, -0.1) is 0 Å². The summed E-state index contributed by atoms with van der Waals surface area (Å²) in [5, 5.41) is 8.85. The van der Waals surface area contributed by atoms with Crippen molar-refractivity contribution >= 4 is 31.9 Å². The number of hydrogen-bond acceptors (Lipinski definition) is 1. The van der Waals surface area contributed by atoms with E-state index in [9.17, 15) is 0 Å². The van der Waals surface area contributed by atoms with Crippen LogP contribution in [0.2, 0.25) is 0 Å². The van der Waals surface area contributed by atoms with Gasteiger partial charge < -0.3 is 5.11 Å². The molecule has 0 saturated carbocycles. The summed E-state index contributed by atoms with van der Waals surface area (Å²) in [6.07, 6.45) is 6.22. The van der Waals surface area contributed by atoms with E-state index in [2.05, 4.69) is 57.9 Å². The van der Waals surface area contributed by atoms with Crippen LogP contribution < -0.4 is 0 Å². The first-order valence-corrected chi connectivity index (χ1v) is 6.23. The van der Waals surface area contributed by atoms with Gasteiger partial charge in [-0.05, 0) is 57.0 Å². The summed E-state index contributed by atoms with van der Waals surface area (Å²) in [4.78, 5) is 0. The van der Waals surface area contributed by atoms with Crippen LogP contribution >= 0.6 is 31.9 Å². The van der Waals surface area contributed by atoms with Crippen molar-refractivity contribution in [1.82, 2.24) is 0 Å². The molecular formula is C11H18Br2O. The normalized spacial score (nSPS) is 12.9. The van der Waals surface area contributed by atoms with Gasteiger partial charge >= 0.3 is 0 Å². The Labute approximate surface area is 104 Å². The molecule has 0 aromatic heterocycles. The molecule has 14 heavy (non-hydrogen) atoms. The molecule has 0 aliphatic rings. The monoisotopic (exact) mass is 324 g/mol.